The SMILES string of the molecule is CS(=O)(=O)c1ccc(NC2CCN(C3CCN(c4ncc(Cl)cc4F)CC3)C2=O)c(F)c1. The van der Waals surface area contributed by atoms with Crippen LogP contribution in [0.1, 0.15) is 19.3 Å². The van der Waals surface area contributed by atoms with Gasteiger partial charge in [-0.1, -0.05) is 11.6 Å². The van der Waals surface area contributed by atoms with Crippen molar-refractivity contribution in [3.8, 4) is 0 Å². The second kappa shape index (κ2) is 8.82. The number of sulfone groups is 1. The van der Waals surface area contributed by atoms with Crippen LogP contribution in [-0.4, -0.2) is 62.2 Å². The van der Waals surface area contributed by atoms with E-state index in [0.29, 0.717) is 38.9 Å². The van der Waals surface area contributed by atoms with Crippen LogP contribution in [0, 0.1) is 11.6 Å². The van der Waals surface area contributed by atoms with E-state index in [1.54, 1.807) is 4.90 Å². The van der Waals surface area contributed by atoms with Gasteiger partial charge in [-0.2, -0.15) is 0 Å². The number of carbonyl (C=O) groups is 1. The number of amides is 1. The predicted molar refractivity (Wildman–Crippen MR) is 118 cm³/mol. The first-order valence-electron chi connectivity index (χ1n) is 10.3. The quantitative estimate of drug-likeness (QED) is 0.702. The molecule has 0 aliphatic carbocycles. The van der Waals surface area contributed by atoms with Gasteiger partial charge in [0, 0.05) is 38.1 Å². The summed E-state index contributed by atoms with van der Waals surface area (Å²) < 4.78 is 51.7. The average molecular weight is 485 g/mol. The molecule has 11 heteroatoms. The van der Waals surface area contributed by atoms with Crippen LogP contribution >= 0.6 is 11.6 Å². The zero-order valence-corrected chi connectivity index (χ0v) is 19.0. The van der Waals surface area contributed by atoms with Crippen molar-refractivity contribution in [1.29, 1.82) is 0 Å². The van der Waals surface area contributed by atoms with Crippen molar-refractivity contribution in [2.24, 2.45) is 0 Å². The molecule has 1 N–H and O–H groups in total. The third kappa shape index (κ3) is 4.66. The Morgan fingerprint density at radius 3 is 2.44 bits per heavy atom. The Bertz CT molecular complexity index is 1140. The number of halogens is 3. The second-order valence-corrected chi connectivity index (χ2v) is 10.6. The minimum Gasteiger partial charge on any atom is -0.371 e. The summed E-state index contributed by atoms with van der Waals surface area (Å²) in [6, 6.07) is 4.28. The van der Waals surface area contributed by atoms with Gasteiger partial charge in [0.25, 0.3) is 0 Å². The van der Waals surface area contributed by atoms with Gasteiger partial charge in [-0.15, -0.1) is 0 Å². The lowest BCUT2D eigenvalue weighted by Crippen LogP contribution is -2.47. The van der Waals surface area contributed by atoms with Gasteiger partial charge in [-0.3, -0.25) is 4.79 Å². The molecule has 1 aromatic carbocycles. The van der Waals surface area contributed by atoms with E-state index in [1.165, 1.54) is 24.4 Å². The first-order chi connectivity index (χ1) is 15.1. The Balaban J connectivity index is 1.37. The summed E-state index contributed by atoms with van der Waals surface area (Å²) in [6.07, 6.45) is 4.27. The van der Waals surface area contributed by atoms with Crippen molar-refractivity contribution >= 4 is 38.9 Å². The third-order valence-corrected chi connectivity index (χ3v) is 7.25. The van der Waals surface area contributed by atoms with Crippen molar-refractivity contribution in [3.05, 3.63) is 47.1 Å². The molecule has 1 aromatic heterocycles. The van der Waals surface area contributed by atoms with E-state index in [-0.39, 0.29) is 33.4 Å². The number of likely N-dealkylation sites (tertiary alicyclic amines) is 1. The Kier molecular flexibility index (Phi) is 6.26. The third-order valence-electron chi connectivity index (χ3n) is 5.93. The Morgan fingerprint density at radius 1 is 1.09 bits per heavy atom. The maximum atomic E-state index is 14.4. The number of hydrogen-bond acceptors (Lipinski definition) is 6. The minimum absolute atomic E-state index is 0.0124. The van der Waals surface area contributed by atoms with E-state index in [4.69, 9.17) is 11.6 Å². The number of piperidine rings is 1. The molecule has 1 atom stereocenters. The number of nitrogens with zero attached hydrogens (tertiary/aromatic N) is 3. The van der Waals surface area contributed by atoms with Crippen molar-refractivity contribution < 1.29 is 22.0 Å². The minimum atomic E-state index is -3.51. The molecule has 0 spiro atoms. The molecule has 2 aliphatic rings. The number of benzene rings is 1. The van der Waals surface area contributed by atoms with E-state index >= 15 is 0 Å². The standard InChI is InChI=1S/C21H23ClF2N4O3S/c1-32(30,31)15-2-3-18(16(23)11-15)26-19-6-9-28(21(19)29)14-4-7-27(8-5-14)20-17(24)10-13(22)12-25-20/h2-3,10-12,14,19,26H,4-9H2,1H3. The van der Waals surface area contributed by atoms with Gasteiger partial charge in [-0.05, 0) is 43.5 Å². The molecule has 1 unspecified atom stereocenters. The number of anilines is 2. The van der Waals surface area contributed by atoms with Gasteiger partial charge in [0.2, 0.25) is 5.91 Å². The van der Waals surface area contributed by atoms with Crippen LogP contribution in [0.15, 0.2) is 35.4 Å². The molecule has 0 bridgehead atoms. The Morgan fingerprint density at radius 2 is 1.81 bits per heavy atom. The van der Waals surface area contributed by atoms with Crippen LogP contribution < -0.4 is 10.2 Å². The van der Waals surface area contributed by atoms with E-state index in [9.17, 15) is 22.0 Å². The molecular weight excluding hydrogens is 462 g/mol. The molecule has 7 nitrogen and oxygen atoms in total. The highest BCUT2D eigenvalue weighted by Crippen LogP contribution is 2.29. The van der Waals surface area contributed by atoms with E-state index in [2.05, 4.69) is 10.3 Å². The predicted octanol–water partition coefficient (Wildman–Crippen LogP) is 3.10. The highest BCUT2D eigenvalue weighted by molar-refractivity contribution is 7.90. The molecule has 2 aliphatic heterocycles. The molecule has 0 radical (unpaired) electrons. The highest BCUT2D eigenvalue weighted by Gasteiger charge is 2.37. The van der Waals surface area contributed by atoms with Crippen molar-refractivity contribution in [2.45, 2.75) is 36.2 Å². The molecular formula is C21H23ClF2N4O3S. The number of hydrogen-bond donors (Lipinski definition) is 1. The number of nitrogens with one attached hydrogen (secondary N) is 1. The van der Waals surface area contributed by atoms with Crippen molar-refractivity contribution in [2.75, 3.05) is 36.1 Å². The Labute approximate surface area is 190 Å². The highest BCUT2D eigenvalue weighted by atomic mass is 35.5. The molecule has 2 saturated heterocycles. The van der Waals surface area contributed by atoms with Crippen molar-refractivity contribution in [1.82, 2.24) is 9.88 Å². The maximum absolute atomic E-state index is 14.4. The maximum Gasteiger partial charge on any atom is 0.245 e. The van der Waals surface area contributed by atoms with Crippen LogP contribution in [0.4, 0.5) is 20.3 Å². The Hall–Kier alpha value is -2.46. The van der Waals surface area contributed by atoms with Crippen LogP contribution in [0.25, 0.3) is 0 Å². The zero-order valence-electron chi connectivity index (χ0n) is 17.4. The second-order valence-electron chi connectivity index (χ2n) is 8.11. The summed E-state index contributed by atoms with van der Waals surface area (Å²) in [6.45, 7) is 1.65. The van der Waals surface area contributed by atoms with E-state index in [0.717, 1.165) is 12.3 Å². The monoisotopic (exact) mass is 484 g/mol. The van der Waals surface area contributed by atoms with Gasteiger partial charge in [-0.25, -0.2) is 22.2 Å². The summed E-state index contributed by atoms with van der Waals surface area (Å²) in [4.78, 5) is 20.5. The van der Waals surface area contributed by atoms with Gasteiger partial charge in [0.05, 0.1) is 15.6 Å². The summed E-state index contributed by atoms with van der Waals surface area (Å²) in [7, 11) is -3.51. The summed E-state index contributed by atoms with van der Waals surface area (Å²) in [5, 5.41) is 3.15. The van der Waals surface area contributed by atoms with Crippen molar-refractivity contribution in [3.63, 3.8) is 0 Å². The topological polar surface area (TPSA) is 82.6 Å². The first-order valence-corrected chi connectivity index (χ1v) is 12.5. The lowest BCUT2D eigenvalue weighted by Gasteiger charge is -2.37. The van der Waals surface area contributed by atoms with Gasteiger partial charge >= 0.3 is 0 Å². The fraction of sp³-hybridized carbons (Fsp3) is 0.429. The van der Waals surface area contributed by atoms with E-state index < -0.39 is 27.5 Å². The molecule has 1 amide bonds. The fourth-order valence-corrected chi connectivity index (χ4v) is 5.04. The molecule has 2 fully saturated rings. The van der Waals surface area contributed by atoms with Gasteiger partial charge in [0.15, 0.2) is 21.5 Å². The number of carbonyl (C=O) groups excluding carboxylic acids is 1. The molecule has 3 heterocycles. The molecule has 32 heavy (non-hydrogen) atoms. The molecule has 4 rings (SSSR count). The zero-order chi connectivity index (χ0) is 23.0. The smallest absolute Gasteiger partial charge is 0.245 e. The first kappa shape index (κ1) is 22.7. The van der Waals surface area contributed by atoms with Crippen LogP contribution in [-0.2, 0) is 14.6 Å². The largest absolute Gasteiger partial charge is 0.371 e. The number of rotatable bonds is 5. The number of pyridine rings is 1. The van der Waals surface area contributed by atoms with Crippen LogP contribution in [0.3, 0.4) is 0 Å². The molecule has 0 saturated carbocycles. The van der Waals surface area contributed by atoms with E-state index in [1.807, 2.05) is 4.90 Å². The van der Waals surface area contributed by atoms with Gasteiger partial charge in [0.1, 0.15) is 11.9 Å². The lowest BCUT2D eigenvalue weighted by atomic mass is 10.0. The van der Waals surface area contributed by atoms with Crippen LogP contribution in [0.5, 0.6) is 0 Å². The summed E-state index contributed by atoms with van der Waals surface area (Å²) in [5.41, 5.74) is 0.0942. The molecule has 172 valence electrons. The summed E-state index contributed by atoms with van der Waals surface area (Å²) in [5.74, 6) is -1.05. The normalized spacial score (nSPS) is 20.1. The number of aromatic nitrogens is 1. The molecule has 2 aromatic rings. The summed E-state index contributed by atoms with van der Waals surface area (Å²) >= 11 is 5.77. The average Bonchev–Trinajstić information content (AvgIpc) is 3.09. The van der Waals surface area contributed by atoms with Gasteiger partial charge < -0.3 is 15.1 Å². The lowest BCUT2D eigenvalue weighted by molar-refractivity contribution is -0.130. The van der Waals surface area contributed by atoms with Crippen LogP contribution in [0.2, 0.25) is 5.02 Å². The fourth-order valence-electron chi connectivity index (χ4n) is 4.26.